The smallest absolute Gasteiger partial charge is 0.293 e. The van der Waals surface area contributed by atoms with Crippen LogP contribution in [0.3, 0.4) is 0 Å². The van der Waals surface area contributed by atoms with E-state index in [0.29, 0.717) is 39.4 Å². The summed E-state index contributed by atoms with van der Waals surface area (Å²) in [5.74, 6) is 0.572. The van der Waals surface area contributed by atoms with Crippen molar-refractivity contribution >= 4 is 50.6 Å². The Morgan fingerprint density at radius 1 is 1.09 bits per heavy atom. The number of furan rings is 1. The number of nitro groups is 1. The van der Waals surface area contributed by atoms with Crippen molar-refractivity contribution < 1.29 is 18.9 Å². The van der Waals surface area contributed by atoms with Gasteiger partial charge < -0.3 is 4.42 Å². The highest BCUT2D eigenvalue weighted by Crippen LogP contribution is 2.35. The van der Waals surface area contributed by atoms with Gasteiger partial charge in [-0.25, -0.2) is 0 Å². The Morgan fingerprint density at radius 2 is 1.88 bits per heavy atom. The van der Waals surface area contributed by atoms with E-state index in [0.717, 1.165) is 23.7 Å². The van der Waals surface area contributed by atoms with Crippen molar-refractivity contribution in [3.05, 3.63) is 91.5 Å². The van der Waals surface area contributed by atoms with Crippen molar-refractivity contribution in [2.75, 3.05) is 6.54 Å². The number of aryl methyl sites for hydroxylation is 1. The van der Waals surface area contributed by atoms with Gasteiger partial charge in [-0.05, 0) is 64.3 Å². The van der Waals surface area contributed by atoms with Crippen LogP contribution in [0.5, 0.6) is 0 Å². The molecular formula is C23H17BrN2O5S. The highest BCUT2D eigenvalue weighted by molar-refractivity contribution is 9.10. The van der Waals surface area contributed by atoms with Gasteiger partial charge in [0.25, 0.3) is 16.8 Å². The largest absolute Gasteiger partial charge is 0.457 e. The number of hydrogen-bond donors (Lipinski definition) is 0. The Hall–Kier alpha value is -3.17. The van der Waals surface area contributed by atoms with Crippen LogP contribution in [0.15, 0.2) is 74.5 Å². The highest BCUT2D eigenvalue weighted by atomic mass is 79.9. The van der Waals surface area contributed by atoms with E-state index in [4.69, 9.17) is 4.42 Å². The van der Waals surface area contributed by atoms with Crippen LogP contribution in [0.1, 0.15) is 17.7 Å². The number of amides is 2. The average Bonchev–Trinajstić information content (AvgIpc) is 3.34. The van der Waals surface area contributed by atoms with Crippen molar-refractivity contribution in [2.24, 2.45) is 0 Å². The van der Waals surface area contributed by atoms with Gasteiger partial charge in [-0.2, -0.15) is 0 Å². The van der Waals surface area contributed by atoms with Gasteiger partial charge >= 0.3 is 0 Å². The van der Waals surface area contributed by atoms with E-state index >= 15 is 0 Å². The molecule has 0 bridgehead atoms. The molecule has 0 N–H and O–H groups in total. The fourth-order valence-corrected chi connectivity index (χ4v) is 4.71. The van der Waals surface area contributed by atoms with Crippen LogP contribution in [-0.4, -0.2) is 27.5 Å². The summed E-state index contributed by atoms with van der Waals surface area (Å²) in [6.07, 6.45) is 3.02. The van der Waals surface area contributed by atoms with E-state index in [-0.39, 0.29) is 16.8 Å². The van der Waals surface area contributed by atoms with Crippen molar-refractivity contribution in [1.29, 1.82) is 0 Å². The molecule has 0 unspecified atom stereocenters. The van der Waals surface area contributed by atoms with Gasteiger partial charge in [0.05, 0.1) is 9.83 Å². The molecule has 9 heteroatoms. The van der Waals surface area contributed by atoms with Crippen LogP contribution in [0.25, 0.3) is 17.4 Å². The summed E-state index contributed by atoms with van der Waals surface area (Å²) in [6, 6.07) is 17.7. The fourth-order valence-electron chi connectivity index (χ4n) is 3.30. The number of hydrogen-bond acceptors (Lipinski definition) is 6. The lowest BCUT2D eigenvalue weighted by molar-refractivity contribution is -0.384. The third-order valence-corrected chi connectivity index (χ3v) is 6.46. The third kappa shape index (κ3) is 4.84. The van der Waals surface area contributed by atoms with Crippen LogP contribution in [0, 0.1) is 10.1 Å². The van der Waals surface area contributed by atoms with E-state index in [9.17, 15) is 19.7 Å². The predicted octanol–water partition coefficient (Wildman–Crippen LogP) is 6.29. The molecule has 3 aromatic rings. The molecule has 1 aliphatic rings. The minimum Gasteiger partial charge on any atom is -0.457 e. The minimum atomic E-state index is -0.474. The Morgan fingerprint density at radius 3 is 2.59 bits per heavy atom. The molecular weight excluding hydrogens is 496 g/mol. The van der Waals surface area contributed by atoms with Gasteiger partial charge in [0.15, 0.2) is 0 Å². The number of imide groups is 1. The number of benzene rings is 2. The highest BCUT2D eigenvalue weighted by Gasteiger charge is 2.34. The molecule has 4 rings (SSSR count). The normalized spacial score (nSPS) is 15.0. The Bertz CT molecular complexity index is 1220. The van der Waals surface area contributed by atoms with Crippen LogP contribution in [-0.2, 0) is 11.2 Å². The van der Waals surface area contributed by atoms with Crippen molar-refractivity contribution in [2.45, 2.75) is 12.8 Å². The number of non-ortho nitro benzene ring substituents is 1. The molecule has 0 spiro atoms. The molecule has 162 valence electrons. The third-order valence-electron chi connectivity index (χ3n) is 4.89. The monoisotopic (exact) mass is 512 g/mol. The molecule has 2 aromatic carbocycles. The Balaban J connectivity index is 1.44. The van der Waals surface area contributed by atoms with Crippen LogP contribution in [0.4, 0.5) is 10.5 Å². The van der Waals surface area contributed by atoms with Crippen molar-refractivity contribution in [3.8, 4) is 11.3 Å². The predicted molar refractivity (Wildman–Crippen MR) is 126 cm³/mol. The summed E-state index contributed by atoms with van der Waals surface area (Å²) in [5, 5.41) is 10.6. The summed E-state index contributed by atoms with van der Waals surface area (Å²) < 4.78 is 6.32. The summed E-state index contributed by atoms with van der Waals surface area (Å²) in [7, 11) is 0. The minimum absolute atomic E-state index is 0.0339. The number of rotatable bonds is 7. The second kappa shape index (κ2) is 9.54. The Labute approximate surface area is 196 Å². The molecule has 1 fully saturated rings. The van der Waals surface area contributed by atoms with E-state index in [1.807, 2.05) is 30.3 Å². The van der Waals surface area contributed by atoms with E-state index < -0.39 is 4.92 Å². The lowest BCUT2D eigenvalue weighted by Crippen LogP contribution is -2.29. The lowest BCUT2D eigenvalue weighted by atomic mass is 10.1. The zero-order valence-corrected chi connectivity index (χ0v) is 19.1. The molecule has 1 aromatic heterocycles. The summed E-state index contributed by atoms with van der Waals surface area (Å²) in [5.41, 5.74) is 1.77. The standard InChI is InChI=1S/C23H17BrN2O5S/c24-19-13-16(26(29)30)8-10-18(19)20-11-9-17(31-20)14-21-22(27)25(23(28)32-21)12-4-7-15-5-2-1-3-6-15/h1-3,5-6,8-11,13-14H,4,7,12H2/b21-14-. The number of nitrogens with zero attached hydrogens (tertiary/aromatic N) is 2. The average molecular weight is 513 g/mol. The van der Waals surface area contributed by atoms with E-state index in [1.54, 1.807) is 24.3 Å². The molecule has 2 heterocycles. The molecule has 0 aliphatic carbocycles. The zero-order chi connectivity index (χ0) is 22.7. The molecule has 2 amide bonds. The van der Waals surface area contributed by atoms with Gasteiger partial charge in [0, 0.05) is 34.8 Å². The van der Waals surface area contributed by atoms with E-state index in [2.05, 4.69) is 15.9 Å². The quantitative estimate of drug-likeness (QED) is 0.210. The van der Waals surface area contributed by atoms with Gasteiger partial charge in [-0.3, -0.25) is 24.6 Å². The first kappa shape index (κ1) is 22.0. The maximum atomic E-state index is 12.7. The molecule has 0 saturated carbocycles. The first-order valence-corrected chi connectivity index (χ1v) is 11.4. The van der Waals surface area contributed by atoms with Gasteiger partial charge in [-0.1, -0.05) is 30.3 Å². The molecule has 0 atom stereocenters. The summed E-state index contributed by atoms with van der Waals surface area (Å²) in [6.45, 7) is 0.357. The Kier molecular flexibility index (Phi) is 6.57. The second-order valence-electron chi connectivity index (χ2n) is 7.05. The fraction of sp³-hybridized carbons (Fsp3) is 0.130. The lowest BCUT2D eigenvalue weighted by Gasteiger charge is -2.11. The van der Waals surface area contributed by atoms with Crippen LogP contribution in [0.2, 0.25) is 0 Å². The van der Waals surface area contributed by atoms with Gasteiger partial charge in [0.2, 0.25) is 0 Å². The van der Waals surface area contributed by atoms with Crippen molar-refractivity contribution in [1.82, 2.24) is 4.90 Å². The molecule has 32 heavy (non-hydrogen) atoms. The first-order valence-electron chi connectivity index (χ1n) is 9.76. The van der Waals surface area contributed by atoms with Gasteiger partial charge in [-0.15, -0.1) is 0 Å². The summed E-state index contributed by atoms with van der Waals surface area (Å²) >= 11 is 4.22. The van der Waals surface area contributed by atoms with E-state index in [1.165, 1.54) is 17.0 Å². The van der Waals surface area contributed by atoms with Crippen LogP contribution < -0.4 is 0 Å². The number of thioether (sulfide) groups is 1. The molecule has 7 nitrogen and oxygen atoms in total. The van der Waals surface area contributed by atoms with Crippen molar-refractivity contribution in [3.63, 3.8) is 0 Å². The summed E-state index contributed by atoms with van der Waals surface area (Å²) in [4.78, 5) is 37.0. The maximum absolute atomic E-state index is 12.7. The maximum Gasteiger partial charge on any atom is 0.293 e. The number of halogens is 1. The number of carbonyl (C=O) groups excluding carboxylic acids is 2. The first-order chi connectivity index (χ1) is 15.4. The van der Waals surface area contributed by atoms with Crippen LogP contribution >= 0.6 is 27.7 Å². The van der Waals surface area contributed by atoms with Gasteiger partial charge in [0.1, 0.15) is 11.5 Å². The number of nitro benzene ring substituents is 1. The second-order valence-corrected chi connectivity index (χ2v) is 8.89. The molecule has 1 saturated heterocycles. The zero-order valence-electron chi connectivity index (χ0n) is 16.7. The molecule has 1 aliphatic heterocycles. The molecule has 0 radical (unpaired) electrons. The topological polar surface area (TPSA) is 93.7 Å². The SMILES string of the molecule is O=C1S/C(=C\c2ccc(-c3ccc([N+](=O)[O-])cc3Br)o2)C(=O)N1CCCc1ccccc1. The number of carbonyl (C=O) groups is 2.